The van der Waals surface area contributed by atoms with Gasteiger partial charge in [0.15, 0.2) is 5.78 Å². The number of rotatable bonds is 2. The van der Waals surface area contributed by atoms with Crippen LogP contribution in [-0.2, 0) is 12.8 Å². The van der Waals surface area contributed by atoms with E-state index in [1.807, 2.05) is 30.3 Å². The molecule has 3 heteroatoms. The molecular formula is C16H14O3. The number of benzene rings is 1. The third-order valence-electron chi connectivity index (χ3n) is 3.44. The average molecular weight is 254 g/mol. The van der Waals surface area contributed by atoms with E-state index in [4.69, 9.17) is 4.42 Å². The van der Waals surface area contributed by atoms with Crippen LogP contribution in [0.5, 0.6) is 0 Å². The third kappa shape index (κ3) is 2.36. The maximum absolute atomic E-state index is 12.0. The second-order valence-corrected chi connectivity index (χ2v) is 4.83. The van der Waals surface area contributed by atoms with Crippen LogP contribution < -0.4 is 5.63 Å². The summed E-state index contributed by atoms with van der Waals surface area (Å²) >= 11 is 0. The van der Waals surface area contributed by atoms with Gasteiger partial charge in [-0.15, -0.1) is 0 Å². The molecule has 0 atom stereocenters. The topological polar surface area (TPSA) is 47.3 Å². The number of hydrogen-bond acceptors (Lipinski definition) is 3. The van der Waals surface area contributed by atoms with Crippen LogP contribution in [0.2, 0.25) is 0 Å². The van der Waals surface area contributed by atoms with Gasteiger partial charge in [-0.1, -0.05) is 30.3 Å². The van der Waals surface area contributed by atoms with Gasteiger partial charge in [-0.25, -0.2) is 4.79 Å². The third-order valence-corrected chi connectivity index (χ3v) is 3.44. The summed E-state index contributed by atoms with van der Waals surface area (Å²) in [6.07, 6.45) is 2.59. The van der Waals surface area contributed by atoms with Crippen molar-refractivity contribution < 1.29 is 9.21 Å². The summed E-state index contributed by atoms with van der Waals surface area (Å²) in [6, 6.07) is 11.3. The van der Waals surface area contributed by atoms with Gasteiger partial charge in [-0.3, -0.25) is 4.79 Å². The molecule has 1 aliphatic carbocycles. The Balaban J connectivity index is 2.08. The Morgan fingerprint density at radius 3 is 2.63 bits per heavy atom. The fourth-order valence-corrected chi connectivity index (χ4v) is 2.60. The number of hydrogen-bond donors (Lipinski definition) is 0. The van der Waals surface area contributed by atoms with E-state index in [9.17, 15) is 9.59 Å². The van der Waals surface area contributed by atoms with Crippen molar-refractivity contribution in [2.24, 2.45) is 0 Å². The molecule has 1 heterocycles. The number of aryl methyl sites for hydroxylation is 1. The van der Waals surface area contributed by atoms with E-state index in [1.54, 1.807) is 0 Å². The first kappa shape index (κ1) is 11.9. The largest absolute Gasteiger partial charge is 0.427 e. The fraction of sp³-hybridized carbons (Fsp3) is 0.250. The Hall–Kier alpha value is -2.16. The van der Waals surface area contributed by atoms with E-state index in [0.29, 0.717) is 30.6 Å². The molecule has 19 heavy (non-hydrogen) atoms. The molecule has 0 fully saturated rings. The number of Topliss-reactive ketones (excluding diaryl/α,β-unsaturated/α-hetero) is 1. The zero-order valence-electron chi connectivity index (χ0n) is 10.5. The summed E-state index contributed by atoms with van der Waals surface area (Å²) in [6.45, 7) is 0. The van der Waals surface area contributed by atoms with Gasteiger partial charge >= 0.3 is 5.63 Å². The van der Waals surface area contributed by atoms with Crippen molar-refractivity contribution in [3.05, 3.63) is 69.3 Å². The Morgan fingerprint density at radius 1 is 1.05 bits per heavy atom. The molecule has 3 nitrogen and oxygen atoms in total. The van der Waals surface area contributed by atoms with Crippen LogP contribution >= 0.6 is 0 Å². The molecule has 0 unspecified atom stereocenters. The van der Waals surface area contributed by atoms with Gasteiger partial charge in [0.05, 0.1) is 5.56 Å². The van der Waals surface area contributed by atoms with Crippen molar-refractivity contribution in [2.45, 2.75) is 25.7 Å². The van der Waals surface area contributed by atoms with E-state index in [1.165, 1.54) is 6.07 Å². The molecule has 3 rings (SSSR count). The molecule has 1 aromatic carbocycles. The van der Waals surface area contributed by atoms with Gasteiger partial charge in [0.1, 0.15) is 5.76 Å². The fourth-order valence-electron chi connectivity index (χ4n) is 2.60. The Bertz CT molecular complexity index is 668. The molecule has 96 valence electrons. The standard InChI is InChI=1S/C16H14O3/c17-13-7-4-8-14-16(13)12(10-15(18)19-14)9-11-5-2-1-3-6-11/h1-3,5-6,10H,4,7-9H2. The van der Waals surface area contributed by atoms with E-state index < -0.39 is 0 Å². The summed E-state index contributed by atoms with van der Waals surface area (Å²) in [7, 11) is 0. The molecule has 0 spiro atoms. The summed E-state index contributed by atoms with van der Waals surface area (Å²) in [5.41, 5.74) is 2.16. The van der Waals surface area contributed by atoms with E-state index in [-0.39, 0.29) is 11.4 Å². The van der Waals surface area contributed by atoms with Gasteiger partial charge in [-0.2, -0.15) is 0 Å². The highest BCUT2D eigenvalue weighted by atomic mass is 16.4. The van der Waals surface area contributed by atoms with Crippen LogP contribution in [0, 0.1) is 0 Å². The first-order valence-electron chi connectivity index (χ1n) is 6.47. The number of fused-ring (bicyclic) bond motifs is 1. The highest BCUT2D eigenvalue weighted by Crippen LogP contribution is 2.24. The lowest BCUT2D eigenvalue weighted by Gasteiger charge is -2.16. The highest BCUT2D eigenvalue weighted by Gasteiger charge is 2.23. The van der Waals surface area contributed by atoms with Gasteiger partial charge in [0.2, 0.25) is 0 Å². The molecule has 0 saturated heterocycles. The molecule has 0 bridgehead atoms. The van der Waals surface area contributed by atoms with Crippen LogP contribution in [0.1, 0.15) is 40.1 Å². The Kier molecular flexibility index (Phi) is 3.03. The smallest absolute Gasteiger partial charge is 0.336 e. The maximum atomic E-state index is 12.0. The van der Waals surface area contributed by atoms with Crippen LogP contribution in [0.25, 0.3) is 0 Å². The number of ketones is 1. The highest BCUT2D eigenvalue weighted by molar-refractivity contribution is 5.99. The molecule has 0 N–H and O–H groups in total. The molecule has 2 aromatic rings. The summed E-state index contributed by atoms with van der Waals surface area (Å²) in [5.74, 6) is 0.658. The molecule has 1 aliphatic rings. The molecule has 0 amide bonds. The van der Waals surface area contributed by atoms with Crippen molar-refractivity contribution >= 4 is 5.78 Å². The SMILES string of the molecule is O=C1CCCc2oc(=O)cc(Cc3ccccc3)c21. The Labute approximate surface area is 110 Å². The van der Waals surface area contributed by atoms with Crippen molar-refractivity contribution in [2.75, 3.05) is 0 Å². The van der Waals surface area contributed by atoms with Gasteiger partial charge in [0, 0.05) is 18.9 Å². The lowest BCUT2D eigenvalue weighted by Crippen LogP contribution is -2.18. The normalized spacial score (nSPS) is 14.2. The predicted octanol–water partition coefficient (Wildman–Crippen LogP) is 2.75. The van der Waals surface area contributed by atoms with Gasteiger partial charge < -0.3 is 4.42 Å². The minimum absolute atomic E-state index is 0.0935. The molecule has 1 aromatic heterocycles. The van der Waals surface area contributed by atoms with Crippen LogP contribution in [0.4, 0.5) is 0 Å². The second kappa shape index (κ2) is 4.84. The lowest BCUT2D eigenvalue weighted by molar-refractivity contribution is 0.0965. The zero-order valence-corrected chi connectivity index (χ0v) is 10.5. The predicted molar refractivity (Wildman–Crippen MR) is 71.5 cm³/mol. The second-order valence-electron chi connectivity index (χ2n) is 4.83. The monoisotopic (exact) mass is 254 g/mol. The average Bonchev–Trinajstić information content (AvgIpc) is 2.39. The van der Waals surface area contributed by atoms with E-state index in [2.05, 4.69) is 0 Å². The van der Waals surface area contributed by atoms with E-state index >= 15 is 0 Å². The minimum atomic E-state index is -0.362. The Morgan fingerprint density at radius 2 is 1.84 bits per heavy atom. The zero-order chi connectivity index (χ0) is 13.2. The minimum Gasteiger partial charge on any atom is -0.427 e. The first-order chi connectivity index (χ1) is 9.24. The summed E-state index contributed by atoms with van der Waals surface area (Å²) in [5, 5.41) is 0. The van der Waals surface area contributed by atoms with Gasteiger partial charge in [-0.05, 0) is 24.0 Å². The molecule has 0 radical (unpaired) electrons. The molecule has 0 saturated carbocycles. The van der Waals surface area contributed by atoms with Crippen molar-refractivity contribution in [3.8, 4) is 0 Å². The number of carbonyl (C=O) groups is 1. The summed E-state index contributed by atoms with van der Waals surface area (Å²) in [4.78, 5) is 23.6. The molecular weight excluding hydrogens is 240 g/mol. The maximum Gasteiger partial charge on any atom is 0.336 e. The first-order valence-corrected chi connectivity index (χ1v) is 6.47. The van der Waals surface area contributed by atoms with Crippen LogP contribution in [0.3, 0.4) is 0 Å². The van der Waals surface area contributed by atoms with Crippen molar-refractivity contribution in [3.63, 3.8) is 0 Å². The van der Waals surface area contributed by atoms with E-state index in [0.717, 1.165) is 17.5 Å². The molecule has 0 aliphatic heterocycles. The van der Waals surface area contributed by atoms with Gasteiger partial charge in [0.25, 0.3) is 0 Å². The summed E-state index contributed by atoms with van der Waals surface area (Å²) < 4.78 is 5.17. The lowest BCUT2D eigenvalue weighted by atomic mass is 9.90. The van der Waals surface area contributed by atoms with Crippen LogP contribution in [0.15, 0.2) is 45.6 Å². The number of carbonyl (C=O) groups excluding carboxylic acids is 1. The van der Waals surface area contributed by atoms with Crippen molar-refractivity contribution in [1.82, 2.24) is 0 Å². The van der Waals surface area contributed by atoms with Crippen LogP contribution in [-0.4, -0.2) is 5.78 Å². The quantitative estimate of drug-likeness (QED) is 0.827. The van der Waals surface area contributed by atoms with Crippen molar-refractivity contribution in [1.29, 1.82) is 0 Å².